The molecule has 0 bridgehead atoms. The summed E-state index contributed by atoms with van der Waals surface area (Å²) in [6.07, 6.45) is 2.01. The van der Waals surface area contributed by atoms with Gasteiger partial charge in [-0.3, -0.25) is 0 Å². The van der Waals surface area contributed by atoms with Crippen LogP contribution in [-0.4, -0.2) is 26.2 Å². The second-order valence-electron chi connectivity index (χ2n) is 5.01. The van der Waals surface area contributed by atoms with Crippen molar-refractivity contribution in [2.24, 2.45) is 5.73 Å². The van der Waals surface area contributed by atoms with Crippen LogP contribution in [0.2, 0.25) is 0 Å². The van der Waals surface area contributed by atoms with E-state index >= 15 is 0 Å². The Morgan fingerprint density at radius 2 is 1.89 bits per heavy atom. The van der Waals surface area contributed by atoms with Crippen LogP contribution < -0.4 is 15.8 Å². The highest BCUT2D eigenvalue weighted by atomic mass is 16.5. The summed E-state index contributed by atoms with van der Waals surface area (Å²) in [7, 11) is 1.73. The molecule has 0 aromatic heterocycles. The number of benzene rings is 1. The van der Waals surface area contributed by atoms with E-state index in [9.17, 15) is 0 Å². The lowest BCUT2D eigenvalue weighted by Gasteiger charge is -2.12. The summed E-state index contributed by atoms with van der Waals surface area (Å²) in [6, 6.07) is 4.61. The van der Waals surface area contributed by atoms with E-state index in [2.05, 4.69) is 31.3 Å². The summed E-state index contributed by atoms with van der Waals surface area (Å²) in [5.74, 6) is 0.993. The van der Waals surface area contributed by atoms with Gasteiger partial charge in [0.2, 0.25) is 0 Å². The topological polar surface area (TPSA) is 47.3 Å². The predicted molar refractivity (Wildman–Crippen MR) is 77.3 cm³/mol. The molecule has 3 nitrogen and oxygen atoms in total. The van der Waals surface area contributed by atoms with Gasteiger partial charge in [-0.2, -0.15) is 0 Å². The molecule has 0 aliphatic carbocycles. The highest BCUT2D eigenvalue weighted by molar-refractivity contribution is 5.41. The van der Waals surface area contributed by atoms with Crippen molar-refractivity contribution in [3.63, 3.8) is 0 Å². The SMILES string of the molecule is COc1cc(C)c(C)cc1CCNCCC(C)N. The molecule has 0 saturated carbocycles. The Morgan fingerprint density at radius 3 is 2.50 bits per heavy atom. The molecule has 0 heterocycles. The number of ether oxygens (including phenoxy) is 1. The molecule has 3 N–H and O–H groups in total. The molecule has 0 aliphatic heterocycles. The Balaban J connectivity index is 2.48. The van der Waals surface area contributed by atoms with Gasteiger partial charge in [-0.05, 0) is 69.5 Å². The molecule has 0 saturated heterocycles. The first-order valence-electron chi connectivity index (χ1n) is 6.65. The lowest BCUT2D eigenvalue weighted by Crippen LogP contribution is -2.25. The first kappa shape index (κ1) is 15.0. The second kappa shape index (κ2) is 7.39. The molecule has 1 aromatic carbocycles. The van der Waals surface area contributed by atoms with Crippen LogP contribution >= 0.6 is 0 Å². The monoisotopic (exact) mass is 250 g/mol. The summed E-state index contributed by atoms with van der Waals surface area (Å²) in [4.78, 5) is 0. The fraction of sp³-hybridized carbons (Fsp3) is 0.600. The van der Waals surface area contributed by atoms with E-state index in [4.69, 9.17) is 10.5 Å². The van der Waals surface area contributed by atoms with Gasteiger partial charge in [0, 0.05) is 6.04 Å². The van der Waals surface area contributed by atoms with Crippen LogP contribution in [-0.2, 0) is 6.42 Å². The van der Waals surface area contributed by atoms with Gasteiger partial charge in [-0.15, -0.1) is 0 Å². The van der Waals surface area contributed by atoms with Crippen LogP contribution in [0.4, 0.5) is 0 Å². The molecule has 1 unspecified atom stereocenters. The van der Waals surface area contributed by atoms with Crippen molar-refractivity contribution in [1.82, 2.24) is 5.32 Å². The molecule has 0 spiro atoms. The molecule has 102 valence electrons. The fourth-order valence-electron chi connectivity index (χ4n) is 1.91. The van der Waals surface area contributed by atoms with Crippen molar-refractivity contribution in [2.75, 3.05) is 20.2 Å². The molecule has 3 heteroatoms. The Morgan fingerprint density at radius 1 is 1.22 bits per heavy atom. The average Bonchev–Trinajstić information content (AvgIpc) is 2.32. The zero-order valence-electron chi connectivity index (χ0n) is 12.0. The minimum atomic E-state index is 0.272. The molecule has 0 fully saturated rings. The van der Waals surface area contributed by atoms with E-state index in [0.717, 1.165) is 31.7 Å². The summed E-state index contributed by atoms with van der Waals surface area (Å²) in [5.41, 5.74) is 9.58. The molecular weight excluding hydrogens is 224 g/mol. The number of hydrogen-bond acceptors (Lipinski definition) is 3. The van der Waals surface area contributed by atoms with E-state index in [1.807, 2.05) is 6.92 Å². The third kappa shape index (κ3) is 4.67. The number of aryl methyl sites for hydroxylation is 2. The zero-order chi connectivity index (χ0) is 13.5. The van der Waals surface area contributed by atoms with Gasteiger partial charge in [-0.25, -0.2) is 0 Å². The minimum Gasteiger partial charge on any atom is -0.496 e. The third-order valence-corrected chi connectivity index (χ3v) is 3.24. The standard InChI is InChI=1S/C15H26N2O/c1-11-9-14(15(18-4)10-12(11)2)6-8-17-7-5-13(3)16/h9-10,13,17H,5-8,16H2,1-4H3. The van der Waals surface area contributed by atoms with E-state index < -0.39 is 0 Å². The van der Waals surface area contributed by atoms with Crippen molar-refractivity contribution in [3.8, 4) is 5.75 Å². The molecule has 0 amide bonds. The van der Waals surface area contributed by atoms with Gasteiger partial charge in [0.25, 0.3) is 0 Å². The molecule has 1 rings (SSSR count). The number of nitrogens with two attached hydrogens (primary N) is 1. The first-order chi connectivity index (χ1) is 8.54. The Labute approximate surface area is 111 Å². The van der Waals surface area contributed by atoms with Crippen LogP contribution in [0.5, 0.6) is 5.75 Å². The van der Waals surface area contributed by atoms with Crippen LogP contribution in [0.3, 0.4) is 0 Å². The van der Waals surface area contributed by atoms with Crippen molar-refractivity contribution in [1.29, 1.82) is 0 Å². The molecule has 0 aliphatic rings. The maximum absolute atomic E-state index is 5.71. The smallest absolute Gasteiger partial charge is 0.122 e. The number of methoxy groups -OCH3 is 1. The summed E-state index contributed by atoms with van der Waals surface area (Å²) >= 11 is 0. The van der Waals surface area contributed by atoms with Gasteiger partial charge in [0.15, 0.2) is 0 Å². The number of hydrogen-bond donors (Lipinski definition) is 2. The molecular formula is C15H26N2O. The van der Waals surface area contributed by atoms with Gasteiger partial charge in [0.05, 0.1) is 7.11 Å². The van der Waals surface area contributed by atoms with Crippen molar-refractivity contribution in [2.45, 2.75) is 39.7 Å². The van der Waals surface area contributed by atoms with E-state index in [0.29, 0.717) is 0 Å². The van der Waals surface area contributed by atoms with Gasteiger partial charge < -0.3 is 15.8 Å². The van der Waals surface area contributed by atoms with E-state index in [1.165, 1.54) is 16.7 Å². The quantitative estimate of drug-likeness (QED) is 0.729. The summed E-state index contributed by atoms with van der Waals surface area (Å²) < 4.78 is 5.43. The third-order valence-electron chi connectivity index (χ3n) is 3.24. The Bertz CT molecular complexity index is 375. The van der Waals surface area contributed by atoms with Crippen LogP contribution in [0.25, 0.3) is 0 Å². The highest BCUT2D eigenvalue weighted by Gasteiger charge is 2.05. The highest BCUT2D eigenvalue weighted by Crippen LogP contribution is 2.23. The first-order valence-corrected chi connectivity index (χ1v) is 6.65. The van der Waals surface area contributed by atoms with E-state index in [1.54, 1.807) is 7.11 Å². The zero-order valence-corrected chi connectivity index (χ0v) is 12.0. The Kier molecular flexibility index (Phi) is 6.16. The summed E-state index contributed by atoms with van der Waals surface area (Å²) in [5, 5.41) is 3.42. The predicted octanol–water partition coefficient (Wildman–Crippen LogP) is 2.18. The number of rotatable bonds is 7. The lowest BCUT2D eigenvalue weighted by molar-refractivity contribution is 0.408. The van der Waals surface area contributed by atoms with Gasteiger partial charge in [0.1, 0.15) is 5.75 Å². The molecule has 1 aromatic rings. The van der Waals surface area contributed by atoms with Crippen LogP contribution in [0, 0.1) is 13.8 Å². The second-order valence-corrected chi connectivity index (χ2v) is 5.01. The van der Waals surface area contributed by atoms with Crippen LogP contribution in [0.1, 0.15) is 30.0 Å². The van der Waals surface area contributed by atoms with Crippen molar-refractivity contribution in [3.05, 3.63) is 28.8 Å². The molecule has 1 atom stereocenters. The summed E-state index contributed by atoms with van der Waals surface area (Å²) in [6.45, 7) is 8.23. The van der Waals surface area contributed by atoms with Crippen LogP contribution in [0.15, 0.2) is 12.1 Å². The lowest BCUT2D eigenvalue weighted by atomic mass is 10.0. The van der Waals surface area contributed by atoms with Crippen molar-refractivity contribution >= 4 is 0 Å². The molecule has 0 radical (unpaired) electrons. The minimum absolute atomic E-state index is 0.272. The van der Waals surface area contributed by atoms with Crippen molar-refractivity contribution < 1.29 is 4.74 Å². The van der Waals surface area contributed by atoms with E-state index in [-0.39, 0.29) is 6.04 Å². The Hall–Kier alpha value is -1.06. The number of nitrogens with one attached hydrogen (secondary N) is 1. The maximum atomic E-state index is 5.71. The average molecular weight is 250 g/mol. The normalized spacial score (nSPS) is 12.5. The fourth-order valence-corrected chi connectivity index (χ4v) is 1.91. The molecule has 18 heavy (non-hydrogen) atoms. The van der Waals surface area contributed by atoms with Gasteiger partial charge in [-0.1, -0.05) is 6.07 Å². The largest absolute Gasteiger partial charge is 0.496 e. The maximum Gasteiger partial charge on any atom is 0.122 e. The van der Waals surface area contributed by atoms with Gasteiger partial charge >= 0.3 is 0 Å².